The number of hydrogen-bond donors (Lipinski definition) is 0. The highest BCUT2D eigenvalue weighted by Gasteiger charge is 2.24. The van der Waals surface area contributed by atoms with Crippen LogP contribution in [0.1, 0.15) is 6.92 Å². The molecule has 1 atom stereocenters. The van der Waals surface area contributed by atoms with Crippen LogP contribution in [0.25, 0.3) is 0 Å². The van der Waals surface area contributed by atoms with Crippen LogP contribution in [0.3, 0.4) is 0 Å². The van der Waals surface area contributed by atoms with Gasteiger partial charge in [0.1, 0.15) is 0 Å². The lowest BCUT2D eigenvalue weighted by atomic mass is 10.0. The van der Waals surface area contributed by atoms with E-state index in [1.165, 1.54) is 6.08 Å². The molecule has 2 rings (SSSR count). The van der Waals surface area contributed by atoms with Gasteiger partial charge in [-0.1, -0.05) is 0 Å². The Hall–Kier alpha value is -1.51. The van der Waals surface area contributed by atoms with Crippen LogP contribution in [0.5, 0.6) is 0 Å². The lowest BCUT2D eigenvalue weighted by Gasteiger charge is -2.16. The van der Waals surface area contributed by atoms with Crippen LogP contribution in [0, 0.1) is 0 Å². The minimum Gasteiger partial charge on any atom is -0.292 e. The smallest absolute Gasteiger partial charge is 0.188 e. The molecule has 0 aliphatic carbocycles. The number of ketones is 1. The first-order valence-electron chi connectivity index (χ1n) is 3.78. The number of aliphatic imine (C=N–C) groups is 2. The Morgan fingerprint density at radius 2 is 2.33 bits per heavy atom. The molecule has 60 valence electrons. The zero-order valence-electron chi connectivity index (χ0n) is 6.69. The van der Waals surface area contributed by atoms with Crippen LogP contribution >= 0.6 is 0 Å². The van der Waals surface area contributed by atoms with Crippen LogP contribution in [-0.4, -0.2) is 23.8 Å². The molecule has 0 aromatic heterocycles. The largest absolute Gasteiger partial charge is 0.292 e. The maximum atomic E-state index is 11.3. The zero-order valence-corrected chi connectivity index (χ0v) is 6.69. The Labute approximate surface area is 70.2 Å². The Balaban J connectivity index is 2.45. The number of carbonyl (C=O) groups excluding carboxylic acids is 1. The van der Waals surface area contributed by atoms with E-state index in [4.69, 9.17) is 0 Å². The fraction of sp³-hybridized carbons (Fsp3) is 0.222. The van der Waals surface area contributed by atoms with E-state index in [-0.39, 0.29) is 11.8 Å². The van der Waals surface area contributed by atoms with Gasteiger partial charge in [-0.05, 0) is 19.1 Å². The maximum Gasteiger partial charge on any atom is 0.188 e. The summed E-state index contributed by atoms with van der Waals surface area (Å²) in [6.45, 7) is 1.81. The van der Waals surface area contributed by atoms with Gasteiger partial charge in [0.25, 0.3) is 0 Å². The predicted octanol–water partition coefficient (Wildman–Crippen LogP) is 0.923. The summed E-state index contributed by atoms with van der Waals surface area (Å²) in [5.74, 6) is 0.0260. The standard InChI is InChI=1S/C9H8N2O/c1-6-5-8(12)9-7(11-6)3-2-4-10-9/h2-5,9H,1H3. The van der Waals surface area contributed by atoms with Gasteiger partial charge in [-0.25, -0.2) is 0 Å². The van der Waals surface area contributed by atoms with Crippen LogP contribution in [0.15, 0.2) is 33.9 Å². The molecule has 0 radical (unpaired) electrons. The van der Waals surface area contributed by atoms with E-state index in [9.17, 15) is 4.79 Å². The number of hydrogen-bond acceptors (Lipinski definition) is 3. The number of nitrogens with zero attached hydrogens (tertiary/aromatic N) is 2. The monoisotopic (exact) mass is 160 g/mol. The van der Waals surface area contributed by atoms with Gasteiger partial charge in [0, 0.05) is 18.0 Å². The minimum absolute atomic E-state index is 0.0260. The van der Waals surface area contributed by atoms with E-state index in [0.717, 1.165) is 11.4 Å². The topological polar surface area (TPSA) is 41.8 Å². The van der Waals surface area contributed by atoms with E-state index in [0.29, 0.717) is 0 Å². The van der Waals surface area contributed by atoms with E-state index in [1.807, 2.05) is 13.0 Å². The summed E-state index contributed by atoms with van der Waals surface area (Å²) >= 11 is 0. The summed E-state index contributed by atoms with van der Waals surface area (Å²) in [7, 11) is 0. The average molecular weight is 160 g/mol. The third kappa shape index (κ3) is 1.03. The summed E-state index contributed by atoms with van der Waals surface area (Å²) in [5.41, 5.74) is 1.51. The molecule has 0 aromatic carbocycles. The molecule has 0 N–H and O–H groups in total. The van der Waals surface area contributed by atoms with E-state index >= 15 is 0 Å². The second kappa shape index (κ2) is 2.52. The molecular weight excluding hydrogens is 152 g/mol. The normalized spacial score (nSPS) is 26.4. The highest BCUT2D eigenvalue weighted by molar-refractivity contribution is 6.22. The quantitative estimate of drug-likeness (QED) is 0.519. The summed E-state index contributed by atoms with van der Waals surface area (Å²) in [6, 6.07) is -0.376. The van der Waals surface area contributed by atoms with Crippen LogP contribution in [0.4, 0.5) is 0 Å². The molecule has 2 aliphatic heterocycles. The van der Waals surface area contributed by atoms with Crippen molar-refractivity contribution in [3.63, 3.8) is 0 Å². The minimum atomic E-state index is -0.376. The summed E-state index contributed by atoms with van der Waals surface area (Å²) in [4.78, 5) is 19.6. The average Bonchev–Trinajstić information content (AvgIpc) is 2.04. The van der Waals surface area contributed by atoms with Crippen LogP contribution < -0.4 is 0 Å². The van der Waals surface area contributed by atoms with Crippen LogP contribution in [0.2, 0.25) is 0 Å². The molecule has 0 amide bonds. The molecule has 0 saturated carbocycles. The summed E-state index contributed by atoms with van der Waals surface area (Å²) in [5, 5.41) is 0. The lowest BCUT2D eigenvalue weighted by molar-refractivity contribution is -0.114. The van der Waals surface area contributed by atoms with Crippen molar-refractivity contribution in [1.29, 1.82) is 0 Å². The van der Waals surface area contributed by atoms with Crippen molar-refractivity contribution < 1.29 is 4.79 Å². The molecule has 3 nitrogen and oxygen atoms in total. The van der Waals surface area contributed by atoms with Gasteiger partial charge < -0.3 is 0 Å². The van der Waals surface area contributed by atoms with E-state index in [1.54, 1.807) is 12.3 Å². The lowest BCUT2D eigenvalue weighted by Crippen LogP contribution is -2.30. The second-order valence-electron chi connectivity index (χ2n) is 2.78. The SMILES string of the molecule is CC1=CC(=O)C2N=CC=CC2=N1. The number of rotatable bonds is 0. The Kier molecular flexibility index (Phi) is 1.50. The molecule has 2 aliphatic rings. The Morgan fingerprint density at radius 1 is 1.50 bits per heavy atom. The number of carbonyl (C=O) groups is 1. The van der Waals surface area contributed by atoms with Gasteiger partial charge in [0.05, 0.1) is 5.71 Å². The van der Waals surface area contributed by atoms with Crippen molar-refractivity contribution in [3.05, 3.63) is 23.9 Å². The fourth-order valence-corrected chi connectivity index (χ4v) is 1.28. The first kappa shape index (κ1) is 7.16. The van der Waals surface area contributed by atoms with E-state index < -0.39 is 0 Å². The first-order valence-corrected chi connectivity index (χ1v) is 3.78. The maximum absolute atomic E-state index is 11.3. The van der Waals surface area contributed by atoms with Crippen molar-refractivity contribution >= 4 is 17.7 Å². The molecule has 0 spiro atoms. The zero-order chi connectivity index (χ0) is 8.55. The second-order valence-corrected chi connectivity index (χ2v) is 2.78. The number of allylic oxidation sites excluding steroid dienone is 2. The van der Waals surface area contributed by atoms with Crippen molar-refractivity contribution in [2.24, 2.45) is 9.98 Å². The fourth-order valence-electron chi connectivity index (χ4n) is 1.28. The molecule has 2 heterocycles. The van der Waals surface area contributed by atoms with Crippen LogP contribution in [-0.2, 0) is 4.79 Å². The van der Waals surface area contributed by atoms with Gasteiger partial charge in [-0.2, -0.15) is 0 Å². The molecular formula is C9H8N2O. The summed E-state index contributed by atoms with van der Waals surface area (Å²) in [6.07, 6.45) is 6.79. The van der Waals surface area contributed by atoms with E-state index in [2.05, 4.69) is 9.98 Å². The third-order valence-corrected chi connectivity index (χ3v) is 1.79. The molecule has 0 aromatic rings. The highest BCUT2D eigenvalue weighted by atomic mass is 16.1. The van der Waals surface area contributed by atoms with Crippen molar-refractivity contribution in [2.45, 2.75) is 13.0 Å². The molecule has 0 bridgehead atoms. The molecule has 3 heteroatoms. The first-order chi connectivity index (χ1) is 5.77. The third-order valence-electron chi connectivity index (χ3n) is 1.79. The van der Waals surface area contributed by atoms with Crippen molar-refractivity contribution in [3.8, 4) is 0 Å². The Morgan fingerprint density at radius 3 is 3.17 bits per heavy atom. The molecule has 1 unspecified atom stereocenters. The van der Waals surface area contributed by atoms with Gasteiger partial charge >= 0.3 is 0 Å². The van der Waals surface area contributed by atoms with Crippen molar-refractivity contribution in [2.75, 3.05) is 0 Å². The summed E-state index contributed by atoms with van der Waals surface area (Å²) < 4.78 is 0. The van der Waals surface area contributed by atoms with Gasteiger partial charge in [-0.3, -0.25) is 14.8 Å². The van der Waals surface area contributed by atoms with Gasteiger partial charge in [0.15, 0.2) is 11.8 Å². The van der Waals surface area contributed by atoms with Crippen molar-refractivity contribution in [1.82, 2.24) is 0 Å². The van der Waals surface area contributed by atoms with Gasteiger partial charge in [-0.15, -0.1) is 0 Å². The molecule has 0 fully saturated rings. The van der Waals surface area contributed by atoms with Gasteiger partial charge in [0.2, 0.25) is 0 Å². The highest BCUT2D eigenvalue weighted by Crippen LogP contribution is 2.13. The number of fused-ring (bicyclic) bond motifs is 1. The Bertz CT molecular complexity index is 348. The molecule has 12 heavy (non-hydrogen) atoms. The molecule has 0 saturated heterocycles. The number of dihydropyridines is 1. The predicted molar refractivity (Wildman–Crippen MR) is 47.6 cm³/mol.